The zero-order chi connectivity index (χ0) is 16.6. The third-order valence-electron chi connectivity index (χ3n) is 5.61. The Morgan fingerprint density at radius 1 is 1.30 bits per heavy atom. The summed E-state index contributed by atoms with van der Waals surface area (Å²) >= 11 is 0. The van der Waals surface area contributed by atoms with Gasteiger partial charge in [-0.25, -0.2) is 0 Å². The van der Waals surface area contributed by atoms with Gasteiger partial charge in [0.05, 0.1) is 11.7 Å². The van der Waals surface area contributed by atoms with Gasteiger partial charge in [-0.2, -0.15) is 0 Å². The summed E-state index contributed by atoms with van der Waals surface area (Å²) in [4.78, 5) is 21.2. The van der Waals surface area contributed by atoms with E-state index in [4.69, 9.17) is 4.74 Å². The van der Waals surface area contributed by atoms with E-state index < -0.39 is 0 Å². The van der Waals surface area contributed by atoms with E-state index in [2.05, 4.69) is 24.0 Å². The maximum atomic E-state index is 12.8. The highest BCUT2D eigenvalue weighted by atomic mass is 16.5. The summed E-state index contributed by atoms with van der Waals surface area (Å²) in [7, 11) is 6.04. The van der Waals surface area contributed by atoms with Crippen molar-refractivity contribution in [1.29, 1.82) is 0 Å². The van der Waals surface area contributed by atoms with Crippen molar-refractivity contribution in [2.75, 3.05) is 34.3 Å². The van der Waals surface area contributed by atoms with Gasteiger partial charge in [0.25, 0.3) is 5.91 Å². The van der Waals surface area contributed by atoms with Crippen molar-refractivity contribution in [2.24, 2.45) is 11.8 Å². The van der Waals surface area contributed by atoms with Gasteiger partial charge >= 0.3 is 0 Å². The molecule has 1 aromatic heterocycles. The summed E-state index contributed by atoms with van der Waals surface area (Å²) in [6.07, 6.45) is 5.84. The Morgan fingerprint density at radius 2 is 2.00 bits per heavy atom. The molecule has 1 aromatic rings. The lowest BCUT2D eigenvalue weighted by Gasteiger charge is -2.40. The summed E-state index contributed by atoms with van der Waals surface area (Å²) in [5.41, 5.74) is 1.74. The first kappa shape index (κ1) is 16.4. The summed E-state index contributed by atoms with van der Waals surface area (Å²) in [5, 5.41) is 0. The highest BCUT2D eigenvalue weighted by Gasteiger charge is 2.44. The Kier molecular flexibility index (Phi) is 4.69. The SMILES string of the molecule is CO[C@@H]1C[C@H]2CN(C(=O)c3cnccc3C)C[C@H]2C[C@H]1N(C)C. The van der Waals surface area contributed by atoms with E-state index in [1.165, 1.54) is 0 Å². The topological polar surface area (TPSA) is 45.7 Å². The first-order valence-electron chi connectivity index (χ1n) is 8.40. The fraction of sp³-hybridized carbons (Fsp3) is 0.667. The number of ether oxygens (including phenoxy) is 1. The number of methoxy groups -OCH3 is 1. The smallest absolute Gasteiger partial charge is 0.255 e. The van der Waals surface area contributed by atoms with Crippen molar-refractivity contribution >= 4 is 5.91 Å². The molecule has 1 saturated carbocycles. The van der Waals surface area contributed by atoms with Crippen molar-refractivity contribution in [3.8, 4) is 0 Å². The number of hydrogen-bond donors (Lipinski definition) is 0. The fourth-order valence-corrected chi connectivity index (χ4v) is 4.21. The Labute approximate surface area is 138 Å². The molecule has 1 aliphatic heterocycles. The van der Waals surface area contributed by atoms with Crippen LogP contribution in [0.25, 0.3) is 0 Å². The maximum Gasteiger partial charge on any atom is 0.255 e. The van der Waals surface area contributed by atoms with Crippen molar-refractivity contribution in [2.45, 2.75) is 31.9 Å². The van der Waals surface area contributed by atoms with E-state index in [-0.39, 0.29) is 12.0 Å². The average molecular weight is 317 g/mol. The number of pyridine rings is 1. The van der Waals surface area contributed by atoms with E-state index >= 15 is 0 Å². The molecule has 1 saturated heterocycles. The number of nitrogens with zero attached hydrogens (tertiary/aromatic N) is 3. The standard InChI is InChI=1S/C18H27N3O2/c1-12-5-6-19-9-15(12)18(22)21-10-13-7-16(20(2)3)17(23-4)8-14(13)11-21/h5-6,9,13-14,16-17H,7-8,10-11H2,1-4H3/t13-,14+,16-,17-/m1/s1. The monoisotopic (exact) mass is 317 g/mol. The van der Waals surface area contributed by atoms with E-state index in [0.717, 1.165) is 37.1 Å². The molecule has 0 radical (unpaired) electrons. The van der Waals surface area contributed by atoms with Crippen LogP contribution >= 0.6 is 0 Å². The number of rotatable bonds is 3. The van der Waals surface area contributed by atoms with Crippen LogP contribution in [0, 0.1) is 18.8 Å². The molecule has 0 bridgehead atoms. The number of carbonyl (C=O) groups excluding carboxylic acids is 1. The normalized spacial score (nSPS) is 30.6. The Bertz CT molecular complexity index is 575. The molecule has 3 rings (SSSR count). The molecule has 2 heterocycles. The Balaban J connectivity index is 1.73. The largest absolute Gasteiger partial charge is 0.380 e. The van der Waals surface area contributed by atoms with Gasteiger partial charge < -0.3 is 14.5 Å². The van der Waals surface area contributed by atoms with Crippen LogP contribution in [0.15, 0.2) is 18.5 Å². The van der Waals surface area contributed by atoms with E-state index in [9.17, 15) is 4.79 Å². The molecule has 0 aromatic carbocycles. The third-order valence-corrected chi connectivity index (χ3v) is 5.61. The van der Waals surface area contributed by atoms with Crippen LogP contribution < -0.4 is 0 Å². The molecule has 1 amide bonds. The summed E-state index contributed by atoms with van der Waals surface area (Å²) in [5.74, 6) is 1.26. The van der Waals surface area contributed by atoms with Crippen LogP contribution in [0.1, 0.15) is 28.8 Å². The predicted octanol–water partition coefficient (Wildman–Crippen LogP) is 1.82. The lowest BCUT2D eigenvalue weighted by Crippen LogP contribution is -2.47. The molecule has 23 heavy (non-hydrogen) atoms. The molecule has 5 heteroatoms. The fourth-order valence-electron chi connectivity index (χ4n) is 4.21. The van der Waals surface area contributed by atoms with Gasteiger partial charge in [0.15, 0.2) is 0 Å². The van der Waals surface area contributed by atoms with E-state index in [1.807, 2.05) is 17.9 Å². The molecular weight excluding hydrogens is 290 g/mol. The van der Waals surface area contributed by atoms with Crippen molar-refractivity contribution < 1.29 is 9.53 Å². The number of likely N-dealkylation sites (N-methyl/N-ethyl adjacent to an activating group) is 1. The van der Waals surface area contributed by atoms with Crippen LogP contribution in [0.3, 0.4) is 0 Å². The quantitative estimate of drug-likeness (QED) is 0.853. The highest BCUT2D eigenvalue weighted by molar-refractivity contribution is 5.95. The van der Waals surface area contributed by atoms with Gasteiger partial charge in [0.2, 0.25) is 0 Å². The predicted molar refractivity (Wildman–Crippen MR) is 89.4 cm³/mol. The van der Waals surface area contributed by atoms with Crippen molar-refractivity contribution in [1.82, 2.24) is 14.8 Å². The number of hydrogen-bond acceptors (Lipinski definition) is 4. The minimum Gasteiger partial charge on any atom is -0.380 e. The highest BCUT2D eigenvalue weighted by Crippen LogP contribution is 2.39. The van der Waals surface area contributed by atoms with Crippen molar-refractivity contribution in [3.63, 3.8) is 0 Å². The lowest BCUT2D eigenvalue weighted by atomic mass is 9.77. The zero-order valence-corrected chi connectivity index (χ0v) is 14.5. The van der Waals surface area contributed by atoms with Crippen LogP contribution in [-0.4, -0.2) is 67.1 Å². The van der Waals surface area contributed by atoms with Crippen LogP contribution in [0.4, 0.5) is 0 Å². The molecule has 5 nitrogen and oxygen atoms in total. The van der Waals surface area contributed by atoms with E-state index in [0.29, 0.717) is 17.9 Å². The molecule has 2 aliphatic rings. The molecule has 2 fully saturated rings. The molecule has 0 N–H and O–H groups in total. The summed E-state index contributed by atoms with van der Waals surface area (Å²) in [6.45, 7) is 3.68. The number of amides is 1. The van der Waals surface area contributed by atoms with Crippen LogP contribution in [0.5, 0.6) is 0 Å². The minimum atomic E-state index is 0.125. The third kappa shape index (κ3) is 3.12. The second-order valence-electron chi connectivity index (χ2n) is 7.20. The van der Waals surface area contributed by atoms with Crippen molar-refractivity contribution in [3.05, 3.63) is 29.6 Å². The van der Waals surface area contributed by atoms with Gasteiger partial charge in [-0.05, 0) is 57.3 Å². The number of aromatic nitrogens is 1. The maximum absolute atomic E-state index is 12.8. The second-order valence-corrected chi connectivity index (χ2v) is 7.20. The minimum absolute atomic E-state index is 0.125. The van der Waals surface area contributed by atoms with Gasteiger partial charge in [-0.15, -0.1) is 0 Å². The number of likely N-dealkylation sites (tertiary alicyclic amines) is 1. The molecule has 0 spiro atoms. The number of aryl methyl sites for hydroxylation is 1. The molecule has 0 unspecified atom stereocenters. The van der Waals surface area contributed by atoms with Gasteiger partial charge in [0.1, 0.15) is 0 Å². The van der Waals surface area contributed by atoms with Gasteiger partial charge in [0, 0.05) is 38.6 Å². The molecular formula is C18H27N3O2. The second kappa shape index (κ2) is 6.57. The summed E-state index contributed by atoms with van der Waals surface area (Å²) < 4.78 is 5.72. The van der Waals surface area contributed by atoms with Crippen LogP contribution in [0.2, 0.25) is 0 Å². The first-order chi connectivity index (χ1) is 11.0. The Morgan fingerprint density at radius 3 is 2.61 bits per heavy atom. The lowest BCUT2D eigenvalue weighted by molar-refractivity contribution is -0.0209. The van der Waals surface area contributed by atoms with E-state index in [1.54, 1.807) is 19.5 Å². The van der Waals surface area contributed by atoms with Gasteiger partial charge in [-0.3, -0.25) is 9.78 Å². The van der Waals surface area contributed by atoms with Gasteiger partial charge in [-0.1, -0.05) is 0 Å². The number of fused-ring (bicyclic) bond motifs is 1. The molecule has 126 valence electrons. The first-order valence-corrected chi connectivity index (χ1v) is 8.40. The molecule has 4 atom stereocenters. The average Bonchev–Trinajstić information content (AvgIpc) is 2.96. The summed E-state index contributed by atoms with van der Waals surface area (Å²) in [6, 6.07) is 2.34. The number of carbonyl (C=O) groups is 1. The zero-order valence-electron chi connectivity index (χ0n) is 14.5. The Hall–Kier alpha value is -1.46. The van der Waals surface area contributed by atoms with Crippen LogP contribution in [-0.2, 0) is 4.74 Å². The molecule has 1 aliphatic carbocycles.